The summed E-state index contributed by atoms with van der Waals surface area (Å²) in [5.74, 6) is 0.883. The van der Waals surface area contributed by atoms with Crippen LogP contribution in [0.4, 0.5) is 0 Å². The highest BCUT2D eigenvalue weighted by atomic mass is 16.5. The zero-order valence-electron chi connectivity index (χ0n) is 32.0. The van der Waals surface area contributed by atoms with Gasteiger partial charge in [-0.25, -0.2) is 4.68 Å². The van der Waals surface area contributed by atoms with E-state index in [1.165, 1.54) is 5.57 Å². The SMILES string of the molecule is CC(C)[C@@H](C)[C@@]1(C)CC[C@]2(C)[C@H]3CC[C@@H]4[C@@]5(COC[C@]4(C)[C@@H](OC[C@@](C)(C(C)C)N(C)C)[C@H](n4cnnn4)C5)C3=CC[C@@]2(C)[C@@H]1C(=O)O. The number of hydrogen-bond donors (Lipinski definition) is 1. The maximum Gasteiger partial charge on any atom is 0.307 e. The predicted molar refractivity (Wildman–Crippen MR) is 187 cm³/mol. The molecule has 2 heterocycles. The highest BCUT2D eigenvalue weighted by Crippen LogP contribution is 2.75. The van der Waals surface area contributed by atoms with Gasteiger partial charge in [0.1, 0.15) is 6.33 Å². The van der Waals surface area contributed by atoms with Crippen LogP contribution in [0.25, 0.3) is 0 Å². The van der Waals surface area contributed by atoms with Crippen molar-refractivity contribution in [2.24, 2.45) is 62.6 Å². The van der Waals surface area contributed by atoms with E-state index >= 15 is 0 Å². The van der Waals surface area contributed by atoms with E-state index in [0.717, 1.165) is 38.5 Å². The Morgan fingerprint density at radius 2 is 1.81 bits per heavy atom. The van der Waals surface area contributed by atoms with Gasteiger partial charge in [0.2, 0.25) is 0 Å². The van der Waals surface area contributed by atoms with Crippen LogP contribution in [0.2, 0.25) is 0 Å². The maximum absolute atomic E-state index is 13.4. The third-order valence-electron chi connectivity index (χ3n) is 16.6. The van der Waals surface area contributed by atoms with Crippen LogP contribution in [0.15, 0.2) is 18.0 Å². The number of nitrogens with zero attached hydrogens (tertiary/aromatic N) is 5. The van der Waals surface area contributed by atoms with Crippen LogP contribution in [0, 0.1) is 62.6 Å². The molecule has 0 radical (unpaired) electrons. The van der Waals surface area contributed by atoms with Crippen LogP contribution >= 0.6 is 0 Å². The number of rotatable bonds is 9. The third kappa shape index (κ3) is 4.78. The number of likely N-dealkylation sites (N-methyl/N-ethyl adjacent to an activating group) is 1. The number of tetrazole rings is 1. The number of allylic oxidation sites excluding steroid dienone is 1. The summed E-state index contributed by atoms with van der Waals surface area (Å²) in [6.45, 7) is 25.1. The van der Waals surface area contributed by atoms with Crippen molar-refractivity contribution in [1.29, 1.82) is 0 Å². The standard InChI is InChI=1S/C39H65N5O4/c1-24(2)26(5)34(6)17-18-36(8)27-13-14-30-35(7)20-47-22-39(30,28(27)15-16-37(36,9)31(34)33(45)46)19-29(44-23-40-41-42-44)32(35)48-21-38(10,25(3)4)43(11)12/h15,23-27,29-32H,13-14,16-22H2,1-12H3,(H,45,46)/t26-,27+,29-,30+,31-,32+,34-,35+,36-,37+,38+,39+/m1/s1. The number of carboxylic acid groups (broad SMARTS) is 1. The number of carbonyl (C=O) groups is 1. The number of hydrogen-bond acceptors (Lipinski definition) is 7. The van der Waals surface area contributed by atoms with Crippen LogP contribution in [0.1, 0.15) is 114 Å². The average molecular weight is 668 g/mol. The lowest BCUT2D eigenvalue weighted by atomic mass is 9.34. The van der Waals surface area contributed by atoms with Gasteiger partial charge in [-0.05, 0) is 116 Å². The van der Waals surface area contributed by atoms with E-state index in [1.807, 2.05) is 4.68 Å². The second-order valence-corrected chi connectivity index (χ2v) is 19.0. The lowest BCUT2D eigenvalue weighted by molar-refractivity contribution is -0.255. The summed E-state index contributed by atoms with van der Waals surface area (Å²) in [5, 5.41) is 23.8. The highest BCUT2D eigenvalue weighted by molar-refractivity contribution is 5.73. The summed E-state index contributed by atoms with van der Waals surface area (Å²) < 4.78 is 15.9. The molecule has 9 nitrogen and oxygen atoms in total. The third-order valence-corrected chi connectivity index (χ3v) is 16.6. The number of ether oxygens (including phenoxy) is 2. The quantitative estimate of drug-likeness (QED) is 0.277. The lowest BCUT2D eigenvalue weighted by Gasteiger charge is -2.71. The molecule has 1 aromatic rings. The first-order valence-corrected chi connectivity index (χ1v) is 18.9. The Balaban J connectivity index is 1.43. The van der Waals surface area contributed by atoms with Crippen molar-refractivity contribution in [3.8, 4) is 0 Å². The first-order chi connectivity index (χ1) is 22.3. The predicted octanol–water partition coefficient (Wildman–Crippen LogP) is 7.16. The monoisotopic (exact) mass is 668 g/mol. The molecule has 1 saturated heterocycles. The van der Waals surface area contributed by atoms with Gasteiger partial charge >= 0.3 is 5.97 Å². The molecule has 2 bridgehead atoms. The lowest BCUT2D eigenvalue weighted by Crippen LogP contribution is -2.69. The van der Waals surface area contributed by atoms with Gasteiger partial charge in [-0.15, -0.1) is 5.10 Å². The summed E-state index contributed by atoms with van der Waals surface area (Å²) in [4.78, 5) is 15.7. The molecule has 0 amide bonds. The fraction of sp³-hybridized carbons (Fsp3) is 0.897. The van der Waals surface area contributed by atoms with Crippen molar-refractivity contribution in [2.75, 3.05) is 33.9 Å². The highest BCUT2D eigenvalue weighted by Gasteiger charge is 2.72. The Morgan fingerprint density at radius 3 is 2.40 bits per heavy atom. The van der Waals surface area contributed by atoms with Crippen molar-refractivity contribution in [3.63, 3.8) is 0 Å². The van der Waals surface area contributed by atoms with E-state index < -0.39 is 11.9 Å². The van der Waals surface area contributed by atoms with E-state index in [4.69, 9.17) is 9.47 Å². The van der Waals surface area contributed by atoms with Crippen molar-refractivity contribution >= 4 is 5.97 Å². The first kappa shape index (κ1) is 36.0. The maximum atomic E-state index is 13.4. The normalized spacial score (nSPS) is 44.4. The van der Waals surface area contributed by atoms with E-state index in [-0.39, 0.29) is 44.8 Å². The molecule has 4 fully saturated rings. The van der Waals surface area contributed by atoms with Gasteiger partial charge in [0.05, 0.1) is 37.9 Å². The topological polar surface area (TPSA) is 103 Å². The molecular weight excluding hydrogens is 602 g/mol. The van der Waals surface area contributed by atoms with Gasteiger partial charge in [0.25, 0.3) is 0 Å². The fourth-order valence-corrected chi connectivity index (χ4v) is 12.5. The largest absolute Gasteiger partial charge is 0.481 e. The molecular formula is C39H65N5O4. The minimum Gasteiger partial charge on any atom is -0.481 e. The number of fused-ring (bicyclic) bond motifs is 3. The molecule has 3 saturated carbocycles. The molecule has 5 aliphatic rings. The smallest absolute Gasteiger partial charge is 0.307 e. The van der Waals surface area contributed by atoms with E-state index in [2.05, 4.69) is 110 Å². The summed E-state index contributed by atoms with van der Waals surface area (Å²) in [6, 6.07) is -0.0298. The van der Waals surface area contributed by atoms with Gasteiger partial charge in [-0.2, -0.15) is 0 Å². The molecule has 1 N–H and O–H groups in total. The fourth-order valence-electron chi connectivity index (χ4n) is 12.5. The van der Waals surface area contributed by atoms with Gasteiger partial charge in [0.15, 0.2) is 0 Å². The molecule has 12 atom stereocenters. The molecule has 4 aliphatic carbocycles. The van der Waals surface area contributed by atoms with Crippen molar-refractivity contribution in [1.82, 2.24) is 25.1 Å². The van der Waals surface area contributed by atoms with Crippen LogP contribution in [0.3, 0.4) is 0 Å². The van der Waals surface area contributed by atoms with Crippen LogP contribution < -0.4 is 0 Å². The van der Waals surface area contributed by atoms with Crippen molar-refractivity contribution in [2.45, 2.75) is 125 Å². The zero-order chi connectivity index (χ0) is 35.2. The second kappa shape index (κ2) is 11.9. The Hall–Kier alpha value is -1.84. The first-order valence-electron chi connectivity index (χ1n) is 18.9. The van der Waals surface area contributed by atoms with Gasteiger partial charge in [-0.1, -0.05) is 74.0 Å². The van der Waals surface area contributed by atoms with E-state index in [9.17, 15) is 9.90 Å². The Kier molecular flexibility index (Phi) is 8.89. The average Bonchev–Trinajstić information content (AvgIpc) is 3.55. The number of aromatic nitrogens is 4. The molecule has 0 unspecified atom stereocenters. The van der Waals surface area contributed by atoms with Gasteiger partial charge in [-0.3, -0.25) is 4.79 Å². The Bertz CT molecular complexity index is 1390. The molecule has 6 rings (SSSR count). The Morgan fingerprint density at radius 1 is 1.10 bits per heavy atom. The zero-order valence-corrected chi connectivity index (χ0v) is 32.0. The second-order valence-electron chi connectivity index (χ2n) is 19.0. The number of carboxylic acids is 1. The Labute approximate surface area is 290 Å². The van der Waals surface area contributed by atoms with Crippen LogP contribution in [0.5, 0.6) is 0 Å². The summed E-state index contributed by atoms with van der Waals surface area (Å²) in [6.07, 6.45) is 10.0. The molecule has 0 aromatic carbocycles. The summed E-state index contributed by atoms with van der Waals surface area (Å²) in [7, 11) is 4.30. The molecule has 270 valence electrons. The van der Waals surface area contributed by atoms with Crippen LogP contribution in [-0.2, 0) is 14.3 Å². The molecule has 48 heavy (non-hydrogen) atoms. The van der Waals surface area contributed by atoms with Crippen LogP contribution in [-0.4, -0.2) is 81.7 Å². The van der Waals surface area contributed by atoms with Crippen molar-refractivity contribution < 1.29 is 19.4 Å². The summed E-state index contributed by atoms with van der Waals surface area (Å²) in [5.41, 5.74) is 0.305. The van der Waals surface area contributed by atoms with E-state index in [1.54, 1.807) is 6.33 Å². The minimum absolute atomic E-state index is 0.0298. The minimum atomic E-state index is -0.613. The molecule has 9 heteroatoms. The number of aliphatic carboxylic acids is 1. The molecule has 1 aliphatic heterocycles. The summed E-state index contributed by atoms with van der Waals surface area (Å²) >= 11 is 0. The van der Waals surface area contributed by atoms with Gasteiger partial charge in [0, 0.05) is 16.4 Å². The molecule has 0 spiro atoms. The van der Waals surface area contributed by atoms with Gasteiger partial charge < -0.3 is 19.5 Å². The van der Waals surface area contributed by atoms with E-state index in [0.29, 0.717) is 49.4 Å². The molecule has 1 aromatic heterocycles. The van der Waals surface area contributed by atoms with Crippen molar-refractivity contribution in [3.05, 3.63) is 18.0 Å².